The number of rotatable bonds is 4. The molecule has 1 aromatic carbocycles. The molecular weight excluding hydrogens is 244 g/mol. The topological polar surface area (TPSA) is 63.4 Å². The summed E-state index contributed by atoms with van der Waals surface area (Å²) >= 11 is 4.82. The fourth-order valence-electron chi connectivity index (χ4n) is 1.01. The van der Waals surface area contributed by atoms with E-state index in [2.05, 4.69) is 0 Å². The summed E-state index contributed by atoms with van der Waals surface area (Å²) in [7, 11) is 1.95. The van der Waals surface area contributed by atoms with Crippen molar-refractivity contribution >= 4 is 29.3 Å². The van der Waals surface area contributed by atoms with Crippen molar-refractivity contribution < 1.29 is 9.72 Å². The molecule has 6 heteroatoms. The lowest BCUT2D eigenvalue weighted by molar-refractivity contribution is -0.384. The third-order valence-corrected chi connectivity index (χ3v) is 2.16. The van der Waals surface area contributed by atoms with Gasteiger partial charge in [-0.3, -0.25) is 10.1 Å². The molecule has 1 aromatic rings. The Bertz CT molecular complexity index is 354. The van der Waals surface area contributed by atoms with Crippen molar-refractivity contribution in [1.82, 2.24) is 0 Å². The number of hydrogen-bond acceptors (Lipinski definition) is 4. The van der Waals surface area contributed by atoms with Crippen LogP contribution in [0.1, 0.15) is 6.92 Å². The molecule has 0 aromatic heterocycles. The van der Waals surface area contributed by atoms with Gasteiger partial charge in [-0.05, 0) is 19.1 Å². The number of halogens is 1. The van der Waals surface area contributed by atoms with Gasteiger partial charge >= 0.3 is 0 Å². The van der Waals surface area contributed by atoms with E-state index in [0.717, 1.165) is 12.2 Å². The molecule has 1 rings (SSSR count). The SMILES string of the molecule is CCN(C)c1ccc([N+](=O)[O-])cc1.O=CCCl. The van der Waals surface area contributed by atoms with E-state index in [-0.39, 0.29) is 11.6 Å². The Labute approximate surface area is 105 Å². The predicted octanol–water partition coefficient (Wildman–Crippen LogP) is 2.48. The Kier molecular flexibility index (Phi) is 7.71. The molecule has 0 amide bonds. The molecule has 0 N–H and O–H groups in total. The Morgan fingerprint density at radius 2 is 1.88 bits per heavy atom. The second-order valence-electron chi connectivity index (χ2n) is 3.11. The van der Waals surface area contributed by atoms with Crippen molar-refractivity contribution in [2.45, 2.75) is 6.92 Å². The minimum Gasteiger partial charge on any atom is -0.375 e. The Hall–Kier alpha value is -1.62. The van der Waals surface area contributed by atoms with Crippen LogP contribution in [-0.2, 0) is 4.79 Å². The largest absolute Gasteiger partial charge is 0.375 e. The normalized spacial score (nSPS) is 8.88. The minimum atomic E-state index is -0.393. The summed E-state index contributed by atoms with van der Waals surface area (Å²) in [6, 6.07) is 6.53. The molecule has 5 nitrogen and oxygen atoms in total. The number of alkyl halides is 1. The number of nitrogens with zero attached hydrogens (tertiary/aromatic N) is 2. The summed E-state index contributed by atoms with van der Waals surface area (Å²) in [4.78, 5) is 21.0. The molecule has 0 fully saturated rings. The van der Waals surface area contributed by atoms with Gasteiger partial charge in [-0.25, -0.2) is 0 Å². The van der Waals surface area contributed by atoms with Crippen molar-refractivity contribution in [3.8, 4) is 0 Å². The number of aldehydes is 1. The van der Waals surface area contributed by atoms with E-state index in [1.165, 1.54) is 12.1 Å². The van der Waals surface area contributed by atoms with E-state index in [9.17, 15) is 10.1 Å². The predicted molar refractivity (Wildman–Crippen MR) is 68.8 cm³/mol. The molecule has 17 heavy (non-hydrogen) atoms. The van der Waals surface area contributed by atoms with Crippen LogP contribution in [0.15, 0.2) is 24.3 Å². The molecule has 0 heterocycles. The van der Waals surface area contributed by atoms with E-state index >= 15 is 0 Å². The summed E-state index contributed by atoms with van der Waals surface area (Å²) in [5.41, 5.74) is 1.13. The fraction of sp³-hybridized carbons (Fsp3) is 0.364. The number of carbonyl (C=O) groups is 1. The van der Waals surface area contributed by atoms with Gasteiger partial charge in [-0.15, -0.1) is 11.6 Å². The van der Waals surface area contributed by atoms with E-state index in [4.69, 9.17) is 16.4 Å². The monoisotopic (exact) mass is 258 g/mol. The zero-order valence-electron chi connectivity index (χ0n) is 9.80. The Morgan fingerprint density at radius 3 is 2.18 bits per heavy atom. The number of nitro groups is 1. The number of non-ortho nitro benzene ring substituents is 1. The Morgan fingerprint density at radius 1 is 1.41 bits per heavy atom. The first kappa shape index (κ1) is 15.4. The highest BCUT2D eigenvalue weighted by Gasteiger charge is 2.04. The van der Waals surface area contributed by atoms with Crippen LogP contribution in [-0.4, -0.2) is 30.7 Å². The maximum absolute atomic E-state index is 10.3. The molecule has 0 atom stereocenters. The highest BCUT2D eigenvalue weighted by molar-refractivity contribution is 6.24. The first-order valence-corrected chi connectivity index (χ1v) is 5.55. The minimum absolute atomic E-state index is 0.111. The Balaban J connectivity index is 0.000000557. The van der Waals surface area contributed by atoms with Gasteiger partial charge < -0.3 is 9.69 Å². The molecule has 0 aliphatic heterocycles. The number of anilines is 1. The smallest absolute Gasteiger partial charge is 0.269 e. The highest BCUT2D eigenvalue weighted by Crippen LogP contribution is 2.17. The van der Waals surface area contributed by atoms with Gasteiger partial charge in [0.25, 0.3) is 5.69 Å². The first-order chi connectivity index (χ1) is 8.06. The molecule has 0 unspecified atom stereocenters. The van der Waals surface area contributed by atoms with Crippen LogP contribution in [0, 0.1) is 10.1 Å². The van der Waals surface area contributed by atoms with Crippen LogP contribution in [0.5, 0.6) is 0 Å². The number of benzene rings is 1. The van der Waals surface area contributed by atoms with Gasteiger partial charge in [0.1, 0.15) is 6.29 Å². The first-order valence-electron chi connectivity index (χ1n) is 5.02. The van der Waals surface area contributed by atoms with Crippen LogP contribution in [0.4, 0.5) is 11.4 Å². The van der Waals surface area contributed by atoms with E-state index in [0.29, 0.717) is 6.29 Å². The van der Waals surface area contributed by atoms with Gasteiger partial charge in [0.05, 0.1) is 10.8 Å². The van der Waals surface area contributed by atoms with Gasteiger partial charge in [0.2, 0.25) is 0 Å². The lowest BCUT2D eigenvalue weighted by atomic mass is 10.2. The summed E-state index contributed by atoms with van der Waals surface area (Å²) in [6.07, 6.45) is 0.640. The quantitative estimate of drug-likeness (QED) is 0.360. The molecule has 0 radical (unpaired) electrons. The summed E-state index contributed by atoms with van der Waals surface area (Å²) in [6.45, 7) is 2.92. The number of carbonyl (C=O) groups excluding carboxylic acids is 1. The van der Waals surface area contributed by atoms with Gasteiger partial charge in [-0.1, -0.05) is 0 Å². The van der Waals surface area contributed by atoms with Crippen LogP contribution in [0.2, 0.25) is 0 Å². The lowest BCUT2D eigenvalue weighted by Gasteiger charge is -2.15. The molecule has 0 spiro atoms. The van der Waals surface area contributed by atoms with Crippen molar-refractivity contribution in [2.75, 3.05) is 24.4 Å². The molecule has 0 saturated heterocycles. The summed E-state index contributed by atoms with van der Waals surface area (Å²) < 4.78 is 0. The van der Waals surface area contributed by atoms with Gasteiger partial charge in [0, 0.05) is 31.4 Å². The number of nitro benzene ring substituents is 1. The molecular formula is C11H15ClN2O3. The van der Waals surface area contributed by atoms with Crippen molar-refractivity contribution in [1.29, 1.82) is 0 Å². The second-order valence-corrected chi connectivity index (χ2v) is 3.42. The van der Waals surface area contributed by atoms with Crippen LogP contribution < -0.4 is 4.90 Å². The zero-order valence-corrected chi connectivity index (χ0v) is 10.6. The maximum Gasteiger partial charge on any atom is 0.269 e. The molecule has 0 aliphatic carbocycles. The van der Waals surface area contributed by atoms with E-state index in [1.54, 1.807) is 12.1 Å². The molecule has 94 valence electrons. The third kappa shape index (κ3) is 5.87. The maximum atomic E-state index is 10.3. The van der Waals surface area contributed by atoms with Crippen LogP contribution >= 0.6 is 11.6 Å². The molecule has 0 saturated carbocycles. The average Bonchev–Trinajstić information content (AvgIpc) is 2.38. The highest BCUT2D eigenvalue weighted by atomic mass is 35.5. The van der Waals surface area contributed by atoms with E-state index in [1.807, 2.05) is 18.9 Å². The fourth-order valence-corrected chi connectivity index (χ4v) is 1.01. The lowest BCUT2D eigenvalue weighted by Crippen LogP contribution is -2.15. The van der Waals surface area contributed by atoms with Crippen LogP contribution in [0.25, 0.3) is 0 Å². The third-order valence-electron chi connectivity index (χ3n) is 2.04. The van der Waals surface area contributed by atoms with Crippen molar-refractivity contribution in [2.24, 2.45) is 0 Å². The zero-order chi connectivity index (χ0) is 13.3. The molecule has 0 bridgehead atoms. The van der Waals surface area contributed by atoms with Gasteiger partial charge in [-0.2, -0.15) is 0 Å². The second kappa shape index (κ2) is 8.52. The molecule has 0 aliphatic rings. The standard InChI is InChI=1S/C9H12N2O2.C2H3ClO/c1-3-10(2)8-4-6-9(7-5-8)11(12)13;3-1-2-4/h4-7H,3H2,1-2H3;2H,1H2. The van der Waals surface area contributed by atoms with Crippen LogP contribution in [0.3, 0.4) is 0 Å². The average molecular weight is 259 g/mol. The van der Waals surface area contributed by atoms with Crippen molar-refractivity contribution in [3.05, 3.63) is 34.4 Å². The summed E-state index contributed by atoms with van der Waals surface area (Å²) in [5, 5.41) is 10.3. The number of hydrogen-bond donors (Lipinski definition) is 0. The van der Waals surface area contributed by atoms with E-state index < -0.39 is 4.92 Å². The van der Waals surface area contributed by atoms with Crippen molar-refractivity contribution in [3.63, 3.8) is 0 Å². The van der Waals surface area contributed by atoms with Gasteiger partial charge in [0.15, 0.2) is 0 Å². The summed E-state index contributed by atoms with van der Waals surface area (Å²) in [5.74, 6) is 0.111.